The van der Waals surface area contributed by atoms with Crippen LogP contribution in [0.25, 0.3) is 5.76 Å². The molecule has 0 bridgehead atoms. The van der Waals surface area contributed by atoms with E-state index in [0.29, 0.717) is 49.0 Å². The van der Waals surface area contributed by atoms with E-state index in [1.807, 2.05) is 21.0 Å². The summed E-state index contributed by atoms with van der Waals surface area (Å²) in [5.74, 6) is -0.769. The molecule has 0 spiro atoms. The van der Waals surface area contributed by atoms with Gasteiger partial charge in [0.1, 0.15) is 5.75 Å². The molecule has 3 rings (SSSR count). The Bertz CT molecular complexity index is 1170. The Hall–Kier alpha value is -3.52. The Labute approximate surface area is 219 Å². The molecular weight excluding hydrogens is 472 g/mol. The number of phenols is 1. The lowest BCUT2D eigenvalue weighted by Crippen LogP contribution is -3.05. The number of quaternary nitrogens is 1. The maximum atomic E-state index is 13.8. The zero-order valence-electron chi connectivity index (χ0n) is 22.6. The number of nitrogens with zero attached hydrogens (tertiary/aromatic N) is 1. The van der Waals surface area contributed by atoms with Gasteiger partial charge in [-0.25, -0.2) is 0 Å². The van der Waals surface area contributed by atoms with Crippen molar-refractivity contribution in [1.82, 2.24) is 4.90 Å². The summed E-state index contributed by atoms with van der Waals surface area (Å²) >= 11 is 0. The van der Waals surface area contributed by atoms with E-state index in [1.165, 1.54) is 15.9 Å². The second-order valence-corrected chi connectivity index (χ2v) is 10.1. The summed E-state index contributed by atoms with van der Waals surface area (Å²) in [4.78, 5) is 29.1. The van der Waals surface area contributed by atoms with E-state index in [0.717, 1.165) is 12.1 Å². The van der Waals surface area contributed by atoms with Crippen LogP contribution in [0.5, 0.6) is 17.2 Å². The van der Waals surface area contributed by atoms with Gasteiger partial charge < -0.3 is 29.5 Å². The largest absolute Gasteiger partial charge is 0.872 e. The van der Waals surface area contributed by atoms with Gasteiger partial charge in [-0.2, -0.15) is 0 Å². The third kappa shape index (κ3) is 6.43. The van der Waals surface area contributed by atoms with Crippen LogP contribution in [0.3, 0.4) is 0 Å². The first-order valence-corrected chi connectivity index (χ1v) is 12.8. The molecular formula is C29H38N2O6. The van der Waals surface area contributed by atoms with Crippen LogP contribution in [0.4, 0.5) is 0 Å². The second-order valence-electron chi connectivity index (χ2n) is 10.1. The van der Waals surface area contributed by atoms with E-state index in [2.05, 4.69) is 13.8 Å². The smallest absolute Gasteiger partial charge is 0.295 e. The molecule has 8 heteroatoms. The predicted molar refractivity (Wildman–Crippen MR) is 139 cm³/mol. The molecule has 1 fully saturated rings. The van der Waals surface area contributed by atoms with E-state index in [1.54, 1.807) is 37.3 Å². The lowest BCUT2D eigenvalue weighted by Gasteiger charge is -2.28. The summed E-state index contributed by atoms with van der Waals surface area (Å²) in [5.41, 5.74) is 1.54. The maximum Gasteiger partial charge on any atom is 0.295 e. The van der Waals surface area contributed by atoms with Crippen LogP contribution >= 0.6 is 0 Å². The number of hydrogen-bond donors (Lipinski definition) is 2. The van der Waals surface area contributed by atoms with Gasteiger partial charge in [-0.15, -0.1) is 0 Å². The van der Waals surface area contributed by atoms with Gasteiger partial charge in [0, 0.05) is 18.5 Å². The Kier molecular flexibility index (Phi) is 9.21. The van der Waals surface area contributed by atoms with Gasteiger partial charge in [0.05, 0.1) is 39.9 Å². The number of hydrogen-bond acceptors (Lipinski definition) is 6. The van der Waals surface area contributed by atoms with E-state index in [-0.39, 0.29) is 17.1 Å². The monoisotopic (exact) mass is 510 g/mol. The molecule has 2 N–H and O–H groups in total. The Morgan fingerprint density at radius 3 is 2.46 bits per heavy atom. The first kappa shape index (κ1) is 28.1. The summed E-state index contributed by atoms with van der Waals surface area (Å²) in [7, 11) is 4.03. The highest BCUT2D eigenvalue weighted by Gasteiger charge is 2.44. The fourth-order valence-electron chi connectivity index (χ4n) is 4.39. The van der Waals surface area contributed by atoms with Gasteiger partial charge >= 0.3 is 0 Å². The number of carbonyl (C=O) groups excluding carboxylic acids is 2. The number of aromatic hydroxyl groups is 1. The molecule has 0 aliphatic carbocycles. The fraction of sp³-hybridized carbons (Fsp3) is 0.448. The molecule has 1 aliphatic rings. The normalized spacial score (nSPS) is 17.2. The average Bonchev–Trinajstić information content (AvgIpc) is 3.09. The second kappa shape index (κ2) is 12.1. The van der Waals surface area contributed by atoms with Crippen molar-refractivity contribution in [2.24, 2.45) is 5.92 Å². The molecule has 2 aromatic carbocycles. The van der Waals surface area contributed by atoms with Crippen molar-refractivity contribution in [2.75, 3.05) is 40.4 Å². The molecule has 8 nitrogen and oxygen atoms in total. The molecule has 37 heavy (non-hydrogen) atoms. The number of aryl methyl sites for hydroxylation is 1. The Balaban J connectivity index is 2.09. The first-order valence-electron chi connectivity index (χ1n) is 12.8. The van der Waals surface area contributed by atoms with Crippen molar-refractivity contribution in [3.05, 3.63) is 58.7 Å². The van der Waals surface area contributed by atoms with Crippen LogP contribution in [0.15, 0.2) is 42.0 Å². The third-order valence-corrected chi connectivity index (χ3v) is 6.21. The van der Waals surface area contributed by atoms with Crippen molar-refractivity contribution in [2.45, 2.75) is 40.2 Å². The standard InChI is InChI=1S/C29H38N2O6/c1-7-36-24-16-20(9-11-22(24)32)26-25(28(34)29(35)31(26)14-8-13-30(5)6)27(33)21-10-12-23(19(4)15-21)37-17-18(2)3/h9-12,15-16,18,26,32-33H,7-8,13-14,17H2,1-6H3. The number of amides is 1. The number of rotatable bonds is 11. The molecule has 0 aromatic heterocycles. The van der Waals surface area contributed by atoms with Crippen LogP contribution < -0.4 is 19.5 Å². The first-order chi connectivity index (χ1) is 17.5. The van der Waals surface area contributed by atoms with Crippen LogP contribution in [0.2, 0.25) is 0 Å². The number of nitrogens with one attached hydrogen (secondary N) is 1. The average molecular weight is 511 g/mol. The molecule has 0 saturated carbocycles. The van der Waals surface area contributed by atoms with Crippen molar-refractivity contribution < 1.29 is 34.2 Å². The summed E-state index contributed by atoms with van der Waals surface area (Å²) in [6.45, 7) is 9.75. The lowest BCUT2D eigenvalue weighted by atomic mass is 9.94. The van der Waals surface area contributed by atoms with E-state index in [4.69, 9.17) is 9.47 Å². The molecule has 1 heterocycles. The fourth-order valence-corrected chi connectivity index (χ4v) is 4.39. The van der Waals surface area contributed by atoms with E-state index in [9.17, 15) is 19.8 Å². The molecule has 1 saturated heterocycles. The summed E-state index contributed by atoms with van der Waals surface area (Å²) in [6, 6.07) is 8.87. The number of Topliss-reactive ketones (excluding diaryl/α,β-unsaturated/α-hetero) is 1. The molecule has 1 aliphatic heterocycles. The van der Waals surface area contributed by atoms with Crippen LogP contribution in [-0.4, -0.2) is 62.1 Å². The van der Waals surface area contributed by atoms with Crippen molar-refractivity contribution in [3.63, 3.8) is 0 Å². The van der Waals surface area contributed by atoms with Crippen LogP contribution in [0.1, 0.15) is 49.9 Å². The zero-order valence-corrected chi connectivity index (χ0v) is 22.6. The number of phenolic OH excluding ortho intramolecular Hbond substituents is 1. The highest BCUT2D eigenvalue weighted by atomic mass is 16.5. The molecule has 1 amide bonds. The summed E-state index contributed by atoms with van der Waals surface area (Å²) < 4.78 is 11.4. The van der Waals surface area contributed by atoms with E-state index < -0.39 is 23.5 Å². The van der Waals surface area contributed by atoms with Crippen LogP contribution in [-0.2, 0) is 9.59 Å². The van der Waals surface area contributed by atoms with Gasteiger partial charge in [-0.1, -0.05) is 31.7 Å². The SMILES string of the molecule is CCOc1cc(C2C(=C([O-])c3ccc(OCC(C)C)c(C)c3)C(=O)C(=O)N2CCC[NH+](C)C)ccc1O. The maximum absolute atomic E-state index is 13.8. The van der Waals surface area contributed by atoms with Gasteiger partial charge in [0.25, 0.3) is 5.91 Å². The minimum atomic E-state index is -0.873. The van der Waals surface area contributed by atoms with Gasteiger partial charge in [0.15, 0.2) is 11.5 Å². The number of carbonyl (C=O) groups is 2. The summed E-state index contributed by atoms with van der Waals surface area (Å²) in [6.07, 6.45) is 0.663. The lowest BCUT2D eigenvalue weighted by molar-refractivity contribution is -0.858. The van der Waals surface area contributed by atoms with Crippen molar-refractivity contribution in [1.29, 1.82) is 0 Å². The number of ether oxygens (including phenoxy) is 2. The van der Waals surface area contributed by atoms with Gasteiger partial charge in [-0.3, -0.25) is 9.59 Å². The highest BCUT2D eigenvalue weighted by molar-refractivity contribution is 6.46. The molecule has 1 unspecified atom stereocenters. The van der Waals surface area contributed by atoms with Crippen molar-refractivity contribution >= 4 is 17.4 Å². The molecule has 0 radical (unpaired) electrons. The zero-order chi connectivity index (χ0) is 27.3. The number of likely N-dealkylation sites (tertiary alicyclic amines) is 1. The predicted octanol–water partition coefficient (Wildman–Crippen LogP) is 1.89. The quantitative estimate of drug-likeness (QED) is 0.272. The molecule has 2 aromatic rings. The van der Waals surface area contributed by atoms with Gasteiger partial charge in [0.2, 0.25) is 5.78 Å². The van der Waals surface area contributed by atoms with Crippen LogP contribution in [0, 0.1) is 12.8 Å². The topological polar surface area (TPSA) is 104 Å². The van der Waals surface area contributed by atoms with E-state index >= 15 is 0 Å². The molecule has 1 atom stereocenters. The minimum absolute atomic E-state index is 0.0514. The van der Waals surface area contributed by atoms with Crippen molar-refractivity contribution in [3.8, 4) is 17.2 Å². The number of benzene rings is 2. The molecule has 200 valence electrons. The minimum Gasteiger partial charge on any atom is -0.872 e. The third-order valence-electron chi connectivity index (χ3n) is 6.21. The summed E-state index contributed by atoms with van der Waals surface area (Å²) in [5, 5.41) is 24.0. The highest BCUT2D eigenvalue weighted by Crippen LogP contribution is 2.41. The van der Waals surface area contributed by atoms with Gasteiger partial charge in [-0.05, 0) is 60.7 Å². The Morgan fingerprint density at radius 2 is 1.84 bits per heavy atom. The number of ketones is 1. The Morgan fingerprint density at radius 1 is 1.11 bits per heavy atom.